The maximum absolute atomic E-state index is 12.0. The lowest BCUT2D eigenvalue weighted by atomic mass is 10.0. The van der Waals surface area contributed by atoms with Gasteiger partial charge in [-0.25, -0.2) is 5.84 Å². The maximum Gasteiger partial charge on any atom is 0.251 e. The fraction of sp³-hybridized carbons (Fsp3) is 0.933. The molecule has 1 atom stereocenters. The van der Waals surface area contributed by atoms with E-state index in [4.69, 9.17) is 5.84 Å². The van der Waals surface area contributed by atoms with Crippen molar-refractivity contribution >= 4 is 5.91 Å². The fourth-order valence-electron chi connectivity index (χ4n) is 2.12. The summed E-state index contributed by atoms with van der Waals surface area (Å²) < 4.78 is 0. The second-order valence-corrected chi connectivity index (χ2v) is 6.21. The number of hydrogen-bond acceptors (Lipinski definition) is 3. The van der Waals surface area contributed by atoms with Gasteiger partial charge in [0.2, 0.25) is 0 Å². The normalized spacial score (nSPS) is 13.3. The van der Waals surface area contributed by atoms with Gasteiger partial charge in [-0.15, -0.1) is 0 Å². The molecule has 0 aliphatic carbocycles. The summed E-state index contributed by atoms with van der Waals surface area (Å²) in [4.78, 5) is 14.3. The molecule has 0 aliphatic rings. The second kappa shape index (κ2) is 10.2. The van der Waals surface area contributed by atoms with Crippen molar-refractivity contribution in [1.82, 2.24) is 10.3 Å². The predicted octanol–water partition coefficient (Wildman–Crippen LogP) is 2.54. The van der Waals surface area contributed by atoms with E-state index in [2.05, 4.69) is 44.9 Å². The van der Waals surface area contributed by atoms with Crippen LogP contribution in [0.25, 0.3) is 0 Å². The van der Waals surface area contributed by atoms with Crippen LogP contribution in [0.2, 0.25) is 0 Å². The number of carbonyl (C=O) groups is 1. The van der Waals surface area contributed by atoms with Crippen LogP contribution in [0.1, 0.15) is 60.3 Å². The van der Waals surface area contributed by atoms with Crippen LogP contribution >= 0.6 is 0 Å². The number of nitrogens with one attached hydrogen (secondary N) is 1. The van der Waals surface area contributed by atoms with Crippen molar-refractivity contribution in [3.05, 3.63) is 0 Å². The zero-order valence-corrected chi connectivity index (χ0v) is 13.4. The molecule has 0 heterocycles. The minimum atomic E-state index is -0.0764. The molecule has 1 amide bonds. The largest absolute Gasteiger partial charge is 0.293 e. The predicted molar refractivity (Wildman–Crippen MR) is 81.5 cm³/mol. The van der Waals surface area contributed by atoms with Crippen molar-refractivity contribution in [3.8, 4) is 0 Å². The van der Waals surface area contributed by atoms with E-state index in [9.17, 15) is 4.79 Å². The third-order valence-corrected chi connectivity index (χ3v) is 3.44. The first kappa shape index (κ1) is 18.4. The highest BCUT2D eigenvalue weighted by molar-refractivity contribution is 5.81. The third kappa shape index (κ3) is 8.22. The molecule has 0 aromatic carbocycles. The zero-order chi connectivity index (χ0) is 14.8. The molecule has 114 valence electrons. The van der Waals surface area contributed by atoms with E-state index in [0.717, 1.165) is 38.8 Å². The van der Waals surface area contributed by atoms with E-state index in [-0.39, 0.29) is 11.9 Å². The van der Waals surface area contributed by atoms with Gasteiger partial charge in [0.1, 0.15) is 0 Å². The summed E-state index contributed by atoms with van der Waals surface area (Å²) in [6.07, 6.45) is 4.11. The number of hydrazine groups is 1. The van der Waals surface area contributed by atoms with Crippen LogP contribution in [0.15, 0.2) is 0 Å². The molecule has 0 saturated heterocycles. The number of nitrogens with zero attached hydrogens (tertiary/aromatic N) is 1. The molecule has 0 spiro atoms. The van der Waals surface area contributed by atoms with Gasteiger partial charge < -0.3 is 0 Å². The van der Waals surface area contributed by atoms with Crippen LogP contribution in [0.3, 0.4) is 0 Å². The monoisotopic (exact) mass is 271 g/mol. The lowest BCUT2D eigenvalue weighted by molar-refractivity contribution is -0.127. The van der Waals surface area contributed by atoms with E-state index in [1.165, 1.54) is 0 Å². The Morgan fingerprint density at radius 3 is 1.84 bits per heavy atom. The SMILES string of the molecule is CCCC(C(=O)NN)N(CCC(C)C)CCC(C)C. The molecule has 0 fully saturated rings. The second-order valence-electron chi connectivity index (χ2n) is 6.21. The van der Waals surface area contributed by atoms with Crippen LogP contribution in [0.5, 0.6) is 0 Å². The molecule has 0 aromatic rings. The summed E-state index contributed by atoms with van der Waals surface area (Å²) >= 11 is 0. The van der Waals surface area contributed by atoms with E-state index >= 15 is 0 Å². The van der Waals surface area contributed by atoms with Crippen molar-refractivity contribution < 1.29 is 4.79 Å². The van der Waals surface area contributed by atoms with E-state index in [0.29, 0.717) is 11.8 Å². The number of amides is 1. The number of nitrogens with two attached hydrogens (primary N) is 1. The summed E-state index contributed by atoms with van der Waals surface area (Å²) in [5, 5.41) is 0. The molecular weight excluding hydrogens is 238 g/mol. The highest BCUT2D eigenvalue weighted by Crippen LogP contribution is 2.13. The minimum Gasteiger partial charge on any atom is -0.293 e. The average molecular weight is 271 g/mol. The summed E-state index contributed by atoms with van der Waals surface area (Å²) in [6, 6.07) is -0.0764. The molecule has 0 bridgehead atoms. The quantitative estimate of drug-likeness (QED) is 0.365. The first-order valence-corrected chi connectivity index (χ1v) is 7.66. The van der Waals surface area contributed by atoms with Crippen LogP contribution < -0.4 is 11.3 Å². The van der Waals surface area contributed by atoms with Crippen LogP contribution in [0.4, 0.5) is 0 Å². The Morgan fingerprint density at radius 2 is 1.53 bits per heavy atom. The number of hydrogen-bond donors (Lipinski definition) is 2. The van der Waals surface area contributed by atoms with Gasteiger partial charge >= 0.3 is 0 Å². The third-order valence-electron chi connectivity index (χ3n) is 3.44. The van der Waals surface area contributed by atoms with Crippen molar-refractivity contribution in [3.63, 3.8) is 0 Å². The Balaban J connectivity index is 4.66. The van der Waals surface area contributed by atoms with E-state index in [1.54, 1.807) is 0 Å². The van der Waals surface area contributed by atoms with Gasteiger partial charge in [-0.3, -0.25) is 15.1 Å². The highest BCUT2D eigenvalue weighted by atomic mass is 16.2. The zero-order valence-electron chi connectivity index (χ0n) is 13.4. The Bertz CT molecular complexity index is 230. The molecule has 0 saturated carbocycles. The smallest absolute Gasteiger partial charge is 0.251 e. The molecule has 4 heteroatoms. The minimum absolute atomic E-state index is 0.0469. The van der Waals surface area contributed by atoms with Crippen molar-refractivity contribution in [2.75, 3.05) is 13.1 Å². The first-order chi connectivity index (χ1) is 8.92. The van der Waals surface area contributed by atoms with Gasteiger partial charge in [-0.1, -0.05) is 41.0 Å². The van der Waals surface area contributed by atoms with Crippen molar-refractivity contribution in [2.24, 2.45) is 17.7 Å². The summed E-state index contributed by atoms with van der Waals surface area (Å²) in [6.45, 7) is 12.9. The van der Waals surface area contributed by atoms with Crippen LogP contribution in [0, 0.1) is 11.8 Å². The molecular formula is C15H33N3O. The number of carbonyl (C=O) groups excluding carboxylic acids is 1. The molecule has 0 radical (unpaired) electrons. The lowest BCUT2D eigenvalue weighted by Gasteiger charge is -2.31. The molecule has 3 N–H and O–H groups in total. The average Bonchev–Trinajstić information content (AvgIpc) is 2.35. The van der Waals surface area contributed by atoms with E-state index < -0.39 is 0 Å². The molecule has 0 aromatic heterocycles. The Morgan fingerprint density at radius 1 is 1.05 bits per heavy atom. The van der Waals surface area contributed by atoms with Gasteiger partial charge in [0.25, 0.3) is 5.91 Å². The molecule has 19 heavy (non-hydrogen) atoms. The summed E-state index contributed by atoms with van der Waals surface area (Å²) in [5.41, 5.74) is 2.33. The summed E-state index contributed by atoms with van der Waals surface area (Å²) in [7, 11) is 0. The summed E-state index contributed by atoms with van der Waals surface area (Å²) in [5.74, 6) is 6.59. The molecule has 0 rings (SSSR count). The van der Waals surface area contributed by atoms with Crippen LogP contribution in [-0.2, 0) is 4.79 Å². The lowest BCUT2D eigenvalue weighted by Crippen LogP contribution is -2.50. The molecule has 0 aliphatic heterocycles. The Hall–Kier alpha value is -0.610. The Labute approximate surface area is 119 Å². The molecule has 4 nitrogen and oxygen atoms in total. The van der Waals surface area contributed by atoms with Gasteiger partial charge in [-0.2, -0.15) is 0 Å². The van der Waals surface area contributed by atoms with Gasteiger partial charge in [0, 0.05) is 0 Å². The number of rotatable bonds is 10. The highest BCUT2D eigenvalue weighted by Gasteiger charge is 2.24. The fourth-order valence-corrected chi connectivity index (χ4v) is 2.12. The van der Waals surface area contributed by atoms with E-state index in [1.807, 2.05) is 0 Å². The molecule has 1 unspecified atom stereocenters. The van der Waals surface area contributed by atoms with Gasteiger partial charge in [0.15, 0.2) is 0 Å². The maximum atomic E-state index is 12.0. The first-order valence-electron chi connectivity index (χ1n) is 7.66. The standard InChI is InChI=1S/C15H33N3O/c1-6-7-14(15(19)17-16)18(10-8-12(2)3)11-9-13(4)5/h12-14H,6-11,16H2,1-5H3,(H,17,19). The van der Waals surface area contributed by atoms with Gasteiger partial charge in [-0.05, 0) is 44.2 Å². The van der Waals surface area contributed by atoms with Crippen molar-refractivity contribution in [2.45, 2.75) is 66.3 Å². The topological polar surface area (TPSA) is 58.4 Å². The Kier molecular flexibility index (Phi) is 9.88. The van der Waals surface area contributed by atoms with Gasteiger partial charge in [0.05, 0.1) is 6.04 Å². The van der Waals surface area contributed by atoms with Crippen LogP contribution in [-0.4, -0.2) is 29.9 Å². The van der Waals surface area contributed by atoms with Crippen molar-refractivity contribution in [1.29, 1.82) is 0 Å².